The van der Waals surface area contributed by atoms with Crippen molar-refractivity contribution in [1.82, 2.24) is 9.88 Å². The number of fused-ring (bicyclic) bond motifs is 1. The Kier molecular flexibility index (Phi) is 3.10. The van der Waals surface area contributed by atoms with Crippen molar-refractivity contribution in [2.24, 2.45) is 0 Å². The molecule has 0 saturated carbocycles. The summed E-state index contributed by atoms with van der Waals surface area (Å²) in [6, 6.07) is 1.61. The number of H-pyrrole nitrogens is 1. The number of nitrogens with one attached hydrogen (secondary N) is 1. The normalized spacial score (nSPS) is 11.4. The van der Waals surface area contributed by atoms with Gasteiger partial charge in [0.2, 0.25) is 0 Å². The summed E-state index contributed by atoms with van der Waals surface area (Å²) >= 11 is 0.317. The van der Waals surface area contributed by atoms with Gasteiger partial charge >= 0.3 is 94.2 Å². The molecule has 2 heterocycles. The quantitative estimate of drug-likeness (QED) is 0.832. The zero-order valence-electron chi connectivity index (χ0n) is 8.91. The van der Waals surface area contributed by atoms with E-state index in [1.807, 2.05) is 0 Å². The Morgan fingerprint density at radius 3 is 3.00 bits per heavy atom. The van der Waals surface area contributed by atoms with Crippen LogP contribution in [0.5, 0.6) is 0 Å². The topological polar surface area (TPSA) is 36.1 Å². The molecule has 4 heteroatoms. The number of aromatic nitrogens is 1. The van der Waals surface area contributed by atoms with E-state index in [9.17, 15) is 4.79 Å². The summed E-state index contributed by atoms with van der Waals surface area (Å²) in [5.41, 5.74) is 1.38. The molecule has 0 unspecified atom stereocenters. The molecule has 0 aliphatic carbocycles. The second-order valence-corrected chi connectivity index (χ2v) is 5.71. The maximum atomic E-state index is 11.7. The summed E-state index contributed by atoms with van der Waals surface area (Å²) in [7, 11) is 4.10. The molecule has 0 aliphatic rings. The van der Waals surface area contributed by atoms with Crippen LogP contribution < -0.4 is 5.43 Å². The van der Waals surface area contributed by atoms with Gasteiger partial charge in [-0.2, -0.15) is 0 Å². The van der Waals surface area contributed by atoms with Crippen molar-refractivity contribution in [3.63, 3.8) is 0 Å². The number of pyridine rings is 1. The van der Waals surface area contributed by atoms with E-state index < -0.39 is 0 Å². The van der Waals surface area contributed by atoms with Crippen molar-refractivity contribution >= 4 is 24.3 Å². The molecule has 2 aromatic rings. The predicted octanol–water partition coefficient (Wildman–Crippen LogP) is 0.689. The molecule has 1 N–H and O–H groups in total. The second-order valence-electron chi connectivity index (χ2n) is 3.86. The number of rotatable bonds is 3. The summed E-state index contributed by atoms with van der Waals surface area (Å²) < 4.78 is 1.13. The molecule has 0 aliphatic heterocycles. The zero-order chi connectivity index (χ0) is 10.8. The van der Waals surface area contributed by atoms with E-state index in [4.69, 9.17) is 0 Å². The van der Waals surface area contributed by atoms with E-state index in [-0.39, 0.29) is 5.43 Å². The van der Waals surface area contributed by atoms with E-state index in [1.165, 1.54) is 5.56 Å². The van der Waals surface area contributed by atoms with E-state index >= 15 is 0 Å². The van der Waals surface area contributed by atoms with Gasteiger partial charge < -0.3 is 0 Å². The van der Waals surface area contributed by atoms with Crippen LogP contribution in [0, 0.1) is 0 Å². The molecular formula is C11H14N2OSe. The summed E-state index contributed by atoms with van der Waals surface area (Å²) in [5.74, 6) is 0. The minimum atomic E-state index is 0.160. The fourth-order valence-electron chi connectivity index (χ4n) is 1.57. The van der Waals surface area contributed by atoms with Crippen LogP contribution in [0.3, 0.4) is 0 Å². The van der Waals surface area contributed by atoms with Crippen LogP contribution in [0.2, 0.25) is 0 Å². The van der Waals surface area contributed by atoms with Crippen LogP contribution in [-0.4, -0.2) is 45.0 Å². The summed E-state index contributed by atoms with van der Waals surface area (Å²) in [4.78, 5) is 19.2. The molecule has 2 aromatic heterocycles. The molecular weight excluding hydrogens is 255 g/mol. The van der Waals surface area contributed by atoms with Crippen molar-refractivity contribution in [3.05, 3.63) is 33.0 Å². The van der Waals surface area contributed by atoms with Crippen LogP contribution >= 0.6 is 0 Å². The van der Waals surface area contributed by atoms with Gasteiger partial charge in [-0.25, -0.2) is 0 Å². The van der Waals surface area contributed by atoms with Gasteiger partial charge in [0.15, 0.2) is 0 Å². The molecule has 15 heavy (non-hydrogen) atoms. The number of hydrogen-bond donors (Lipinski definition) is 1. The summed E-state index contributed by atoms with van der Waals surface area (Å²) in [5, 5.41) is 0.930. The van der Waals surface area contributed by atoms with Crippen molar-refractivity contribution in [3.8, 4) is 0 Å². The molecule has 0 bridgehead atoms. The van der Waals surface area contributed by atoms with E-state index in [1.54, 1.807) is 12.3 Å². The molecule has 0 aromatic carbocycles. The van der Waals surface area contributed by atoms with Gasteiger partial charge in [-0.15, -0.1) is 0 Å². The monoisotopic (exact) mass is 270 g/mol. The Morgan fingerprint density at radius 2 is 2.27 bits per heavy atom. The van der Waals surface area contributed by atoms with Crippen molar-refractivity contribution in [2.45, 2.75) is 6.42 Å². The van der Waals surface area contributed by atoms with Gasteiger partial charge in [0, 0.05) is 0 Å². The average Bonchev–Trinajstić information content (AvgIpc) is 2.59. The van der Waals surface area contributed by atoms with Gasteiger partial charge in [-0.1, -0.05) is 0 Å². The van der Waals surface area contributed by atoms with Gasteiger partial charge in [0.25, 0.3) is 0 Å². The second kappa shape index (κ2) is 4.35. The van der Waals surface area contributed by atoms with E-state index in [0.29, 0.717) is 14.5 Å². The Balaban J connectivity index is 2.40. The zero-order valence-corrected chi connectivity index (χ0v) is 10.6. The number of aromatic amines is 1. The molecule has 0 atom stereocenters. The van der Waals surface area contributed by atoms with E-state index in [2.05, 4.69) is 28.9 Å². The SMILES string of the molecule is CN(C)CCc1c[se]c2[nH]ccc(=O)c12. The third-order valence-corrected chi connectivity index (χ3v) is 4.41. The molecule has 0 radical (unpaired) electrons. The molecule has 3 nitrogen and oxygen atoms in total. The molecule has 0 fully saturated rings. The number of hydrogen-bond acceptors (Lipinski definition) is 2. The maximum absolute atomic E-state index is 11.7. The fourth-order valence-corrected chi connectivity index (χ4v) is 3.63. The van der Waals surface area contributed by atoms with Crippen molar-refractivity contribution < 1.29 is 0 Å². The molecule has 80 valence electrons. The molecule has 0 amide bonds. The molecule has 0 saturated heterocycles. The van der Waals surface area contributed by atoms with Gasteiger partial charge in [0.05, 0.1) is 0 Å². The average molecular weight is 269 g/mol. The third kappa shape index (κ3) is 2.23. The van der Waals surface area contributed by atoms with Crippen molar-refractivity contribution in [2.75, 3.05) is 20.6 Å². The van der Waals surface area contributed by atoms with Crippen molar-refractivity contribution in [1.29, 1.82) is 0 Å². The molecule has 2 rings (SSSR count). The van der Waals surface area contributed by atoms with Crippen LogP contribution in [0.1, 0.15) is 5.56 Å². The Bertz CT molecular complexity index is 513. The Morgan fingerprint density at radius 1 is 1.47 bits per heavy atom. The minimum absolute atomic E-state index is 0.160. The number of nitrogens with zero attached hydrogens (tertiary/aromatic N) is 1. The van der Waals surface area contributed by atoms with Gasteiger partial charge in [-0.3, -0.25) is 0 Å². The predicted molar refractivity (Wildman–Crippen MR) is 63.8 cm³/mol. The van der Waals surface area contributed by atoms with E-state index in [0.717, 1.165) is 22.7 Å². The summed E-state index contributed by atoms with van der Waals surface area (Å²) in [6.45, 7) is 0.996. The first-order valence-electron chi connectivity index (χ1n) is 4.91. The first-order chi connectivity index (χ1) is 7.18. The van der Waals surface area contributed by atoms with Crippen LogP contribution in [0.25, 0.3) is 9.78 Å². The first-order valence-corrected chi connectivity index (χ1v) is 6.75. The first kappa shape index (κ1) is 10.7. The Hall–Kier alpha value is -0.831. The Labute approximate surface area is 94.5 Å². The fraction of sp³-hybridized carbons (Fsp3) is 0.364. The number of likely N-dealkylation sites (N-methyl/N-ethyl adjacent to an activating group) is 1. The van der Waals surface area contributed by atoms with Crippen LogP contribution in [0.15, 0.2) is 22.0 Å². The van der Waals surface area contributed by atoms with Gasteiger partial charge in [0.1, 0.15) is 0 Å². The van der Waals surface area contributed by atoms with Crippen LogP contribution in [-0.2, 0) is 6.42 Å². The van der Waals surface area contributed by atoms with Crippen LogP contribution in [0.4, 0.5) is 0 Å². The van der Waals surface area contributed by atoms with Gasteiger partial charge in [-0.05, 0) is 0 Å². The standard InChI is InChI=1S/C11H14N2OSe/c1-13(2)6-4-8-7-15-11-10(8)9(14)3-5-12-11/h3,5,7H,4,6H2,1-2H3,(H,12,14). The summed E-state index contributed by atoms with van der Waals surface area (Å²) in [6.07, 6.45) is 2.71. The molecule has 0 spiro atoms. The third-order valence-electron chi connectivity index (χ3n) is 2.39.